The molecule has 0 radical (unpaired) electrons. The summed E-state index contributed by atoms with van der Waals surface area (Å²) in [5, 5.41) is 3.45. The molecule has 1 aromatic heterocycles. The lowest BCUT2D eigenvalue weighted by Gasteiger charge is -2.25. The first-order chi connectivity index (χ1) is 8.65. The molecular formula is C15H26N2O. The first-order valence-corrected chi connectivity index (χ1v) is 7.19. The summed E-state index contributed by atoms with van der Waals surface area (Å²) in [6.07, 6.45) is 4.06. The maximum Gasteiger partial charge on any atom is 0.118 e. The molecular weight excluding hydrogens is 224 g/mol. The number of nitrogens with one attached hydrogen (secondary N) is 1. The molecule has 0 aromatic carbocycles. The van der Waals surface area contributed by atoms with Crippen LogP contribution in [0, 0.1) is 6.92 Å². The highest BCUT2D eigenvalue weighted by Crippen LogP contribution is 2.18. The van der Waals surface area contributed by atoms with Crippen molar-refractivity contribution in [2.75, 3.05) is 13.1 Å². The average molecular weight is 250 g/mol. The largest absolute Gasteiger partial charge is 0.465 e. The lowest BCUT2D eigenvalue weighted by atomic mass is 10.1. The lowest BCUT2D eigenvalue weighted by molar-refractivity contribution is 0.204. The van der Waals surface area contributed by atoms with Gasteiger partial charge in [-0.25, -0.2) is 0 Å². The fraction of sp³-hybridized carbons (Fsp3) is 0.733. The zero-order valence-corrected chi connectivity index (χ0v) is 12.0. The Bertz CT molecular complexity index is 365. The van der Waals surface area contributed by atoms with Crippen molar-refractivity contribution in [2.24, 2.45) is 0 Å². The summed E-state index contributed by atoms with van der Waals surface area (Å²) in [6.45, 7) is 10.7. The van der Waals surface area contributed by atoms with Gasteiger partial charge in [0.1, 0.15) is 11.5 Å². The molecule has 2 heterocycles. The lowest BCUT2D eigenvalue weighted by Crippen LogP contribution is -2.28. The molecule has 0 bridgehead atoms. The van der Waals surface area contributed by atoms with E-state index in [0.29, 0.717) is 6.04 Å². The normalized spacial score (nSPS) is 17.6. The van der Waals surface area contributed by atoms with E-state index in [9.17, 15) is 0 Å². The Labute approximate surface area is 111 Å². The highest BCUT2D eigenvalue weighted by Gasteiger charge is 2.14. The number of aryl methyl sites for hydroxylation is 1. The molecule has 0 aliphatic carbocycles. The van der Waals surface area contributed by atoms with E-state index in [0.717, 1.165) is 24.6 Å². The molecule has 3 heteroatoms. The first-order valence-electron chi connectivity index (χ1n) is 7.19. The van der Waals surface area contributed by atoms with Gasteiger partial charge in [-0.15, -0.1) is 0 Å². The molecule has 2 rings (SSSR count). The van der Waals surface area contributed by atoms with E-state index in [-0.39, 0.29) is 0 Å². The summed E-state index contributed by atoms with van der Waals surface area (Å²) in [4.78, 5) is 2.50. The van der Waals surface area contributed by atoms with Crippen molar-refractivity contribution in [2.45, 2.75) is 59.2 Å². The molecule has 0 spiro atoms. The van der Waals surface area contributed by atoms with E-state index in [1.165, 1.54) is 37.9 Å². The van der Waals surface area contributed by atoms with Crippen LogP contribution in [-0.4, -0.2) is 24.0 Å². The molecule has 1 aromatic rings. The van der Waals surface area contributed by atoms with Gasteiger partial charge >= 0.3 is 0 Å². The third-order valence-corrected chi connectivity index (χ3v) is 3.60. The van der Waals surface area contributed by atoms with Gasteiger partial charge in [0.05, 0.1) is 6.54 Å². The number of hydrogen-bond donors (Lipinski definition) is 1. The fourth-order valence-electron chi connectivity index (χ4n) is 2.49. The molecule has 1 fully saturated rings. The van der Waals surface area contributed by atoms with Gasteiger partial charge in [0, 0.05) is 18.2 Å². The molecule has 0 unspecified atom stereocenters. The van der Waals surface area contributed by atoms with E-state index in [2.05, 4.69) is 37.1 Å². The quantitative estimate of drug-likeness (QED) is 0.870. The Morgan fingerprint density at radius 3 is 2.67 bits per heavy atom. The molecule has 1 aliphatic rings. The van der Waals surface area contributed by atoms with Crippen molar-refractivity contribution in [3.05, 3.63) is 23.2 Å². The Balaban J connectivity index is 1.90. The number of hydrogen-bond acceptors (Lipinski definition) is 3. The van der Waals surface area contributed by atoms with Gasteiger partial charge in [-0.3, -0.25) is 4.90 Å². The standard InChI is InChI=1S/C15H26N2O/c1-12(2)16-10-14-9-15(18-13(14)3)11-17-7-5-4-6-8-17/h9,12,16H,4-8,10-11H2,1-3H3. The summed E-state index contributed by atoms with van der Waals surface area (Å²) in [5.41, 5.74) is 1.30. The van der Waals surface area contributed by atoms with Gasteiger partial charge in [0.2, 0.25) is 0 Å². The van der Waals surface area contributed by atoms with Crippen LogP contribution in [0.1, 0.15) is 50.2 Å². The molecule has 1 N–H and O–H groups in total. The molecule has 18 heavy (non-hydrogen) atoms. The summed E-state index contributed by atoms with van der Waals surface area (Å²) in [5.74, 6) is 2.19. The maximum absolute atomic E-state index is 5.87. The molecule has 3 nitrogen and oxygen atoms in total. The van der Waals surface area contributed by atoms with Crippen LogP contribution < -0.4 is 5.32 Å². The Morgan fingerprint density at radius 2 is 2.00 bits per heavy atom. The molecule has 0 amide bonds. The van der Waals surface area contributed by atoms with Gasteiger partial charge < -0.3 is 9.73 Å². The van der Waals surface area contributed by atoms with E-state index in [1.807, 2.05) is 0 Å². The average Bonchev–Trinajstić information content (AvgIpc) is 2.68. The summed E-state index contributed by atoms with van der Waals surface area (Å²) in [6, 6.07) is 2.74. The van der Waals surface area contributed by atoms with Gasteiger partial charge in [-0.1, -0.05) is 20.3 Å². The second kappa shape index (κ2) is 6.39. The van der Waals surface area contributed by atoms with E-state index >= 15 is 0 Å². The van der Waals surface area contributed by atoms with Crippen LogP contribution in [0.25, 0.3) is 0 Å². The summed E-state index contributed by atoms with van der Waals surface area (Å²) >= 11 is 0. The highest BCUT2D eigenvalue weighted by atomic mass is 16.3. The molecule has 0 atom stereocenters. The van der Waals surface area contributed by atoms with E-state index in [1.54, 1.807) is 0 Å². The number of piperidine rings is 1. The second-order valence-electron chi connectivity index (χ2n) is 5.67. The molecule has 102 valence electrons. The Morgan fingerprint density at radius 1 is 1.28 bits per heavy atom. The van der Waals surface area contributed by atoms with Crippen molar-refractivity contribution >= 4 is 0 Å². The zero-order chi connectivity index (χ0) is 13.0. The monoisotopic (exact) mass is 250 g/mol. The topological polar surface area (TPSA) is 28.4 Å². The van der Waals surface area contributed by atoms with Crippen LogP contribution in [-0.2, 0) is 13.1 Å². The SMILES string of the molecule is Cc1oc(CN2CCCCC2)cc1CNC(C)C. The minimum Gasteiger partial charge on any atom is -0.465 e. The van der Waals surface area contributed by atoms with Gasteiger partial charge in [0.25, 0.3) is 0 Å². The summed E-state index contributed by atoms with van der Waals surface area (Å²) in [7, 11) is 0. The molecule has 1 aliphatic heterocycles. The van der Waals surface area contributed by atoms with Crippen LogP contribution in [0.2, 0.25) is 0 Å². The van der Waals surface area contributed by atoms with Gasteiger partial charge in [0.15, 0.2) is 0 Å². The Kier molecular flexibility index (Phi) is 4.84. The Hall–Kier alpha value is -0.800. The van der Waals surface area contributed by atoms with Crippen molar-refractivity contribution in [1.29, 1.82) is 0 Å². The molecule has 0 saturated carbocycles. The van der Waals surface area contributed by atoms with Gasteiger partial charge in [-0.05, 0) is 38.9 Å². The van der Waals surface area contributed by atoms with Crippen LogP contribution in [0.3, 0.4) is 0 Å². The maximum atomic E-state index is 5.87. The van der Waals surface area contributed by atoms with Crippen LogP contribution in [0.4, 0.5) is 0 Å². The third-order valence-electron chi connectivity index (χ3n) is 3.60. The van der Waals surface area contributed by atoms with Crippen molar-refractivity contribution < 1.29 is 4.42 Å². The van der Waals surface area contributed by atoms with Crippen LogP contribution >= 0.6 is 0 Å². The highest BCUT2D eigenvalue weighted by molar-refractivity contribution is 5.20. The van der Waals surface area contributed by atoms with Gasteiger partial charge in [-0.2, -0.15) is 0 Å². The van der Waals surface area contributed by atoms with E-state index in [4.69, 9.17) is 4.42 Å². The number of furan rings is 1. The zero-order valence-electron chi connectivity index (χ0n) is 12.0. The number of nitrogens with zero attached hydrogens (tertiary/aromatic N) is 1. The third kappa shape index (κ3) is 3.85. The smallest absolute Gasteiger partial charge is 0.118 e. The van der Waals surface area contributed by atoms with Crippen LogP contribution in [0.5, 0.6) is 0 Å². The van der Waals surface area contributed by atoms with Crippen molar-refractivity contribution in [3.8, 4) is 0 Å². The van der Waals surface area contributed by atoms with E-state index < -0.39 is 0 Å². The predicted octanol–water partition coefficient (Wildman–Crippen LogP) is 3.07. The minimum absolute atomic E-state index is 0.518. The second-order valence-corrected chi connectivity index (χ2v) is 5.67. The summed E-state index contributed by atoms with van der Waals surface area (Å²) < 4.78 is 5.87. The fourth-order valence-corrected chi connectivity index (χ4v) is 2.49. The van der Waals surface area contributed by atoms with Crippen molar-refractivity contribution in [1.82, 2.24) is 10.2 Å². The number of likely N-dealkylation sites (tertiary alicyclic amines) is 1. The predicted molar refractivity (Wildman–Crippen MR) is 74.5 cm³/mol. The van der Waals surface area contributed by atoms with Crippen molar-refractivity contribution in [3.63, 3.8) is 0 Å². The number of rotatable bonds is 5. The minimum atomic E-state index is 0.518. The first kappa shape index (κ1) is 13.6. The molecule has 1 saturated heterocycles. The van der Waals surface area contributed by atoms with Crippen LogP contribution in [0.15, 0.2) is 10.5 Å².